The molecule has 0 saturated carbocycles. The van der Waals surface area contributed by atoms with Crippen LogP contribution in [0.4, 0.5) is 0 Å². The molecule has 0 radical (unpaired) electrons. The highest BCUT2D eigenvalue weighted by molar-refractivity contribution is 6.07. The highest BCUT2D eigenvalue weighted by Gasteiger charge is 2.14. The summed E-state index contributed by atoms with van der Waals surface area (Å²) in [6, 6.07) is 0. The second-order valence-electron chi connectivity index (χ2n) is 5.46. The van der Waals surface area contributed by atoms with Crippen LogP contribution in [-0.4, -0.2) is 46.5 Å². The van der Waals surface area contributed by atoms with Crippen LogP contribution in [0.1, 0.15) is 22.0 Å². The van der Waals surface area contributed by atoms with Gasteiger partial charge >= 0.3 is 0 Å². The van der Waals surface area contributed by atoms with Crippen LogP contribution >= 0.6 is 0 Å². The van der Waals surface area contributed by atoms with Gasteiger partial charge in [-0.2, -0.15) is 5.10 Å². The lowest BCUT2D eigenvalue weighted by atomic mass is 10.1. The molecule has 0 saturated heterocycles. The van der Waals surface area contributed by atoms with Gasteiger partial charge in [-0.3, -0.25) is 14.8 Å². The van der Waals surface area contributed by atoms with Crippen LogP contribution in [0, 0.1) is 6.92 Å². The Morgan fingerprint density at radius 2 is 2.19 bits per heavy atom. The first-order chi connectivity index (χ1) is 12.5. The number of nitrogens with one attached hydrogen (secondary N) is 1. The summed E-state index contributed by atoms with van der Waals surface area (Å²) < 4.78 is 12.2. The number of aromatic nitrogens is 3. The van der Waals surface area contributed by atoms with Crippen LogP contribution in [0.25, 0.3) is 5.57 Å². The molecule has 9 nitrogen and oxygen atoms in total. The topological polar surface area (TPSA) is 107 Å². The van der Waals surface area contributed by atoms with Gasteiger partial charge in [0, 0.05) is 25.7 Å². The van der Waals surface area contributed by atoms with Gasteiger partial charge in [0.2, 0.25) is 11.7 Å². The van der Waals surface area contributed by atoms with E-state index >= 15 is 0 Å². The number of oxazole rings is 1. The Hall–Kier alpha value is -3.49. The molecule has 0 unspecified atom stereocenters. The minimum Gasteiger partial charge on any atom is -0.495 e. The van der Waals surface area contributed by atoms with Gasteiger partial charge in [-0.05, 0) is 11.6 Å². The van der Waals surface area contributed by atoms with Crippen LogP contribution in [0.15, 0.2) is 50.9 Å². The monoisotopic (exact) mass is 354 g/mol. The van der Waals surface area contributed by atoms with E-state index in [-0.39, 0.29) is 11.7 Å². The summed E-state index contributed by atoms with van der Waals surface area (Å²) in [5.74, 6) is 0.678. The molecule has 26 heavy (non-hydrogen) atoms. The van der Waals surface area contributed by atoms with Gasteiger partial charge in [0.1, 0.15) is 5.76 Å². The molecule has 3 rings (SSSR count). The third-order valence-electron chi connectivity index (χ3n) is 3.54. The molecule has 0 fully saturated rings. The molecule has 9 heteroatoms. The average Bonchev–Trinajstić information content (AvgIpc) is 3.26. The van der Waals surface area contributed by atoms with Crippen molar-refractivity contribution in [1.29, 1.82) is 0 Å². The second kappa shape index (κ2) is 7.60. The lowest BCUT2D eigenvalue weighted by Crippen LogP contribution is -2.29. The molecule has 134 valence electrons. The van der Waals surface area contributed by atoms with E-state index in [0.29, 0.717) is 18.2 Å². The van der Waals surface area contributed by atoms with Gasteiger partial charge in [0.25, 0.3) is 5.91 Å². The lowest BCUT2D eigenvalue weighted by Gasteiger charge is -2.04. The standard InChI is InChI=1S/C17H18N6O3/c1-11-18-9-15(26-11)16(24)22-17-19-6-12(13-7-21-23(2)10-13)4-5-14(25-3)8-20-17/h4-5,7-10H,6H2,1-3H3,(H,19,22,24). The quantitative estimate of drug-likeness (QED) is 0.899. The number of hydrogen-bond acceptors (Lipinski definition) is 7. The van der Waals surface area contributed by atoms with Crippen LogP contribution in [0.5, 0.6) is 0 Å². The van der Waals surface area contributed by atoms with Gasteiger partial charge in [-0.25, -0.2) is 15.0 Å². The summed E-state index contributed by atoms with van der Waals surface area (Å²) in [7, 11) is 3.38. The summed E-state index contributed by atoms with van der Waals surface area (Å²) in [6.07, 6.45) is 10.1. The number of carbonyl (C=O) groups excluding carboxylic acids is 1. The Morgan fingerprint density at radius 3 is 2.85 bits per heavy atom. The number of nitrogens with zero attached hydrogens (tertiary/aromatic N) is 5. The minimum absolute atomic E-state index is 0.0887. The normalized spacial score (nSPS) is 14.5. The smallest absolute Gasteiger partial charge is 0.295 e. The molecule has 2 aromatic heterocycles. The lowest BCUT2D eigenvalue weighted by molar-refractivity contribution is 0.0948. The maximum absolute atomic E-state index is 12.2. The van der Waals surface area contributed by atoms with Crippen LogP contribution in [-0.2, 0) is 11.8 Å². The first-order valence-corrected chi connectivity index (χ1v) is 7.81. The van der Waals surface area contributed by atoms with Gasteiger partial charge in [0.05, 0.1) is 32.3 Å². The second-order valence-corrected chi connectivity index (χ2v) is 5.46. The molecule has 0 aromatic carbocycles. The van der Waals surface area contributed by atoms with Crippen molar-refractivity contribution in [2.24, 2.45) is 17.0 Å². The fourth-order valence-corrected chi connectivity index (χ4v) is 2.20. The summed E-state index contributed by atoms with van der Waals surface area (Å²) >= 11 is 0. The number of amides is 1. The molecule has 0 atom stereocenters. The zero-order valence-electron chi connectivity index (χ0n) is 14.6. The molecule has 0 aliphatic carbocycles. The number of rotatable bonds is 3. The van der Waals surface area contributed by atoms with E-state index in [2.05, 4.69) is 25.4 Å². The molecule has 1 amide bonds. The van der Waals surface area contributed by atoms with Crippen molar-refractivity contribution in [3.8, 4) is 0 Å². The van der Waals surface area contributed by atoms with Crippen LogP contribution in [0.3, 0.4) is 0 Å². The molecular weight excluding hydrogens is 336 g/mol. The van der Waals surface area contributed by atoms with E-state index in [9.17, 15) is 4.79 Å². The van der Waals surface area contributed by atoms with E-state index < -0.39 is 5.91 Å². The first-order valence-electron chi connectivity index (χ1n) is 7.81. The third-order valence-corrected chi connectivity index (χ3v) is 3.54. The predicted molar refractivity (Wildman–Crippen MR) is 95.8 cm³/mol. The summed E-state index contributed by atoms with van der Waals surface area (Å²) in [4.78, 5) is 24.7. The zero-order chi connectivity index (χ0) is 18.5. The van der Waals surface area contributed by atoms with E-state index in [1.165, 1.54) is 12.4 Å². The summed E-state index contributed by atoms with van der Waals surface area (Å²) in [5, 5.41) is 6.79. The van der Waals surface area contributed by atoms with Crippen molar-refractivity contribution >= 4 is 23.7 Å². The maximum atomic E-state index is 12.2. The largest absolute Gasteiger partial charge is 0.495 e. The Morgan fingerprint density at radius 1 is 1.35 bits per heavy atom. The Balaban J connectivity index is 1.86. The van der Waals surface area contributed by atoms with Gasteiger partial charge in [-0.15, -0.1) is 0 Å². The van der Waals surface area contributed by atoms with Gasteiger partial charge in [0.15, 0.2) is 5.89 Å². The molecule has 1 aliphatic heterocycles. The summed E-state index contributed by atoms with van der Waals surface area (Å²) in [5.41, 5.74) is 1.82. The molecule has 0 bridgehead atoms. The Bertz CT molecular complexity index is 932. The average molecular weight is 354 g/mol. The highest BCUT2D eigenvalue weighted by Crippen LogP contribution is 2.15. The fourth-order valence-electron chi connectivity index (χ4n) is 2.20. The summed E-state index contributed by atoms with van der Waals surface area (Å²) in [6.45, 7) is 1.97. The third kappa shape index (κ3) is 4.12. The van der Waals surface area contributed by atoms with Gasteiger partial charge in [-0.1, -0.05) is 6.08 Å². The molecule has 0 spiro atoms. The van der Waals surface area contributed by atoms with Crippen molar-refractivity contribution in [3.63, 3.8) is 0 Å². The number of aryl methyl sites for hydroxylation is 2. The van der Waals surface area contributed by atoms with Crippen LogP contribution in [0.2, 0.25) is 0 Å². The van der Waals surface area contributed by atoms with E-state index in [0.717, 1.165) is 11.1 Å². The van der Waals surface area contributed by atoms with E-state index in [1.807, 2.05) is 19.3 Å². The molecule has 2 aromatic rings. The Labute approximate surface area is 149 Å². The number of ether oxygens (including phenoxy) is 1. The van der Waals surface area contributed by atoms with Crippen molar-refractivity contribution in [2.75, 3.05) is 13.7 Å². The number of allylic oxidation sites excluding steroid dienone is 3. The Kier molecular flexibility index (Phi) is 5.07. The predicted octanol–water partition coefficient (Wildman–Crippen LogP) is 1.50. The number of carbonyl (C=O) groups is 1. The molecule has 3 heterocycles. The highest BCUT2D eigenvalue weighted by atomic mass is 16.5. The zero-order valence-corrected chi connectivity index (χ0v) is 14.6. The fraction of sp³-hybridized carbons (Fsp3) is 0.235. The maximum Gasteiger partial charge on any atom is 0.295 e. The van der Waals surface area contributed by atoms with Crippen LogP contribution < -0.4 is 5.32 Å². The van der Waals surface area contributed by atoms with E-state index in [4.69, 9.17) is 9.15 Å². The van der Waals surface area contributed by atoms with Crippen molar-refractivity contribution < 1.29 is 13.9 Å². The number of methoxy groups -OCH3 is 1. The van der Waals surface area contributed by atoms with Crippen molar-refractivity contribution in [2.45, 2.75) is 6.92 Å². The van der Waals surface area contributed by atoms with E-state index in [1.54, 1.807) is 31.0 Å². The molecule has 1 aliphatic rings. The van der Waals surface area contributed by atoms with Gasteiger partial charge < -0.3 is 9.15 Å². The molecule has 1 N–H and O–H groups in total. The van der Waals surface area contributed by atoms with Crippen molar-refractivity contribution in [3.05, 3.63) is 53.7 Å². The minimum atomic E-state index is -0.476. The van der Waals surface area contributed by atoms with Crippen molar-refractivity contribution in [1.82, 2.24) is 20.1 Å². The molecular formula is C17H18N6O3. The SMILES string of the molecule is COC1=CC=C(c2cnn(C)c2)CN=C(NC(=O)c2cnc(C)o2)N=C1. The number of guanidine groups is 1. The number of hydrogen-bond donors (Lipinski definition) is 1. The first kappa shape index (κ1) is 17.3. The number of aliphatic imine (C=N–C) groups is 2.